The minimum atomic E-state index is -0.350. The van der Waals surface area contributed by atoms with Crippen LogP contribution in [0.1, 0.15) is 33.6 Å². The molecule has 0 saturated carbocycles. The van der Waals surface area contributed by atoms with Crippen molar-refractivity contribution in [3.8, 4) is 0 Å². The van der Waals surface area contributed by atoms with Gasteiger partial charge in [0.1, 0.15) is 5.60 Å². The van der Waals surface area contributed by atoms with Crippen molar-refractivity contribution < 1.29 is 9.53 Å². The molecule has 0 saturated heterocycles. The molecule has 0 radical (unpaired) electrons. The molecular formula is C9H20ClNO2. The number of carbonyl (C=O) groups is 1. The van der Waals surface area contributed by atoms with E-state index in [1.807, 2.05) is 27.8 Å². The molecule has 80 valence electrons. The maximum absolute atomic E-state index is 11.1. The monoisotopic (exact) mass is 209 g/mol. The lowest BCUT2D eigenvalue weighted by molar-refractivity contribution is -0.154. The van der Waals surface area contributed by atoms with Gasteiger partial charge in [0.15, 0.2) is 0 Å². The summed E-state index contributed by atoms with van der Waals surface area (Å²) in [5.74, 6) is -0.113. The zero-order valence-corrected chi connectivity index (χ0v) is 9.66. The number of hydrogen-bond donors (Lipinski definition) is 1. The first-order valence-electron chi connectivity index (χ1n) is 4.32. The standard InChI is InChI=1S/C9H19NO2.ClH/c1-9(2,3)12-8(11)6-5-7-10-4;/h10H,5-7H2,1-4H3;1H. The van der Waals surface area contributed by atoms with Gasteiger partial charge in [-0.15, -0.1) is 12.4 Å². The summed E-state index contributed by atoms with van der Waals surface area (Å²) in [6.45, 7) is 6.49. The third-order valence-electron chi connectivity index (χ3n) is 1.23. The van der Waals surface area contributed by atoms with Crippen molar-refractivity contribution in [1.29, 1.82) is 0 Å². The van der Waals surface area contributed by atoms with Crippen LogP contribution in [0.4, 0.5) is 0 Å². The van der Waals surface area contributed by atoms with E-state index in [2.05, 4.69) is 5.32 Å². The molecule has 13 heavy (non-hydrogen) atoms. The molecule has 0 amide bonds. The predicted octanol–water partition coefficient (Wildman–Crippen LogP) is 1.75. The third-order valence-corrected chi connectivity index (χ3v) is 1.23. The Labute approximate surface area is 86.6 Å². The average Bonchev–Trinajstić information content (AvgIpc) is 1.84. The smallest absolute Gasteiger partial charge is 0.306 e. The second-order valence-electron chi connectivity index (χ2n) is 3.79. The van der Waals surface area contributed by atoms with E-state index >= 15 is 0 Å². The number of carbonyl (C=O) groups excluding carboxylic acids is 1. The summed E-state index contributed by atoms with van der Waals surface area (Å²) in [6.07, 6.45) is 1.34. The van der Waals surface area contributed by atoms with Crippen molar-refractivity contribution in [2.75, 3.05) is 13.6 Å². The van der Waals surface area contributed by atoms with Crippen LogP contribution in [0.2, 0.25) is 0 Å². The number of ether oxygens (including phenoxy) is 1. The first-order valence-corrected chi connectivity index (χ1v) is 4.32. The van der Waals surface area contributed by atoms with Gasteiger partial charge in [-0.1, -0.05) is 0 Å². The van der Waals surface area contributed by atoms with Crippen molar-refractivity contribution in [3.05, 3.63) is 0 Å². The third kappa shape index (κ3) is 11.7. The van der Waals surface area contributed by atoms with Crippen molar-refractivity contribution in [2.45, 2.75) is 39.2 Å². The van der Waals surface area contributed by atoms with Gasteiger partial charge in [-0.05, 0) is 40.8 Å². The first-order chi connectivity index (χ1) is 5.45. The van der Waals surface area contributed by atoms with Crippen LogP contribution in [0.15, 0.2) is 0 Å². The Balaban J connectivity index is 0. The highest BCUT2D eigenvalue weighted by atomic mass is 35.5. The van der Waals surface area contributed by atoms with E-state index in [4.69, 9.17) is 4.74 Å². The molecular weight excluding hydrogens is 190 g/mol. The maximum Gasteiger partial charge on any atom is 0.306 e. The van der Waals surface area contributed by atoms with Crippen molar-refractivity contribution in [3.63, 3.8) is 0 Å². The van der Waals surface area contributed by atoms with Crippen LogP contribution in [0.3, 0.4) is 0 Å². The minimum Gasteiger partial charge on any atom is -0.460 e. The van der Waals surface area contributed by atoms with E-state index in [0.29, 0.717) is 6.42 Å². The summed E-state index contributed by atoms with van der Waals surface area (Å²) >= 11 is 0. The number of halogens is 1. The van der Waals surface area contributed by atoms with E-state index in [-0.39, 0.29) is 24.0 Å². The van der Waals surface area contributed by atoms with Crippen LogP contribution in [0.5, 0.6) is 0 Å². The highest BCUT2D eigenvalue weighted by molar-refractivity contribution is 5.85. The maximum atomic E-state index is 11.1. The predicted molar refractivity (Wildman–Crippen MR) is 56.3 cm³/mol. The lowest BCUT2D eigenvalue weighted by Gasteiger charge is -2.19. The van der Waals surface area contributed by atoms with Crippen LogP contribution in [-0.4, -0.2) is 25.2 Å². The zero-order valence-electron chi connectivity index (χ0n) is 8.85. The summed E-state index contributed by atoms with van der Waals surface area (Å²) in [7, 11) is 1.87. The summed E-state index contributed by atoms with van der Waals surface area (Å²) in [6, 6.07) is 0. The fourth-order valence-electron chi connectivity index (χ4n) is 0.802. The fraction of sp³-hybridized carbons (Fsp3) is 0.889. The number of nitrogens with one attached hydrogen (secondary N) is 1. The summed E-state index contributed by atoms with van der Waals surface area (Å²) in [4.78, 5) is 11.1. The molecule has 0 bridgehead atoms. The molecule has 0 unspecified atom stereocenters. The van der Waals surface area contributed by atoms with Crippen LogP contribution in [0, 0.1) is 0 Å². The van der Waals surface area contributed by atoms with Gasteiger partial charge in [-0.2, -0.15) is 0 Å². The number of hydrogen-bond acceptors (Lipinski definition) is 3. The highest BCUT2D eigenvalue weighted by Crippen LogP contribution is 2.08. The minimum absolute atomic E-state index is 0. The van der Waals surface area contributed by atoms with Crippen LogP contribution in [0.25, 0.3) is 0 Å². The lowest BCUT2D eigenvalue weighted by Crippen LogP contribution is -2.24. The molecule has 0 spiro atoms. The van der Waals surface area contributed by atoms with Crippen molar-refractivity contribution >= 4 is 18.4 Å². The Morgan fingerprint density at radius 2 is 1.92 bits per heavy atom. The molecule has 4 heteroatoms. The van der Waals surface area contributed by atoms with Gasteiger partial charge in [0, 0.05) is 6.42 Å². The van der Waals surface area contributed by atoms with Crippen LogP contribution >= 0.6 is 12.4 Å². The van der Waals surface area contributed by atoms with Crippen LogP contribution in [-0.2, 0) is 9.53 Å². The number of esters is 1. The molecule has 1 N–H and O–H groups in total. The Morgan fingerprint density at radius 3 is 2.31 bits per heavy atom. The quantitative estimate of drug-likeness (QED) is 0.567. The SMILES string of the molecule is CNCCCC(=O)OC(C)(C)C.Cl. The molecule has 0 aliphatic carbocycles. The Kier molecular flexibility index (Phi) is 8.37. The molecule has 0 fully saturated rings. The normalized spacial score (nSPS) is 10.5. The van der Waals surface area contributed by atoms with Gasteiger partial charge < -0.3 is 10.1 Å². The Bertz CT molecular complexity index is 143. The average molecular weight is 210 g/mol. The van der Waals surface area contributed by atoms with Gasteiger partial charge in [-0.25, -0.2) is 0 Å². The zero-order chi connectivity index (χ0) is 9.61. The lowest BCUT2D eigenvalue weighted by atomic mass is 10.2. The second-order valence-corrected chi connectivity index (χ2v) is 3.79. The van der Waals surface area contributed by atoms with E-state index in [1.165, 1.54) is 0 Å². The summed E-state index contributed by atoms with van der Waals surface area (Å²) < 4.78 is 5.12. The molecule has 0 aromatic carbocycles. The van der Waals surface area contributed by atoms with Crippen LogP contribution < -0.4 is 5.32 Å². The van der Waals surface area contributed by atoms with E-state index < -0.39 is 0 Å². The number of rotatable bonds is 4. The Hall–Kier alpha value is -0.280. The van der Waals surface area contributed by atoms with Gasteiger partial charge in [-0.3, -0.25) is 4.79 Å². The van der Waals surface area contributed by atoms with Gasteiger partial charge in [0.05, 0.1) is 0 Å². The topological polar surface area (TPSA) is 38.3 Å². The molecule has 0 rings (SSSR count). The molecule has 0 atom stereocenters. The fourth-order valence-corrected chi connectivity index (χ4v) is 0.802. The van der Waals surface area contributed by atoms with E-state index in [0.717, 1.165) is 13.0 Å². The van der Waals surface area contributed by atoms with Crippen molar-refractivity contribution in [1.82, 2.24) is 5.32 Å². The largest absolute Gasteiger partial charge is 0.460 e. The molecule has 0 aliphatic rings. The summed E-state index contributed by atoms with van der Waals surface area (Å²) in [5.41, 5.74) is -0.350. The van der Waals surface area contributed by atoms with Gasteiger partial charge in [0.2, 0.25) is 0 Å². The van der Waals surface area contributed by atoms with E-state index in [9.17, 15) is 4.79 Å². The van der Waals surface area contributed by atoms with Gasteiger partial charge in [0.25, 0.3) is 0 Å². The first kappa shape index (κ1) is 15.2. The molecule has 3 nitrogen and oxygen atoms in total. The highest BCUT2D eigenvalue weighted by Gasteiger charge is 2.15. The van der Waals surface area contributed by atoms with Crippen molar-refractivity contribution in [2.24, 2.45) is 0 Å². The second kappa shape index (κ2) is 7.15. The Morgan fingerprint density at radius 1 is 1.38 bits per heavy atom. The molecule has 0 aromatic heterocycles. The van der Waals surface area contributed by atoms with E-state index in [1.54, 1.807) is 0 Å². The molecule has 0 aliphatic heterocycles. The molecule has 0 aromatic rings. The summed E-state index contributed by atoms with van der Waals surface area (Å²) in [5, 5.41) is 2.98. The van der Waals surface area contributed by atoms with Gasteiger partial charge >= 0.3 is 5.97 Å². The molecule has 0 heterocycles.